The van der Waals surface area contributed by atoms with Crippen LogP contribution in [-0.2, 0) is 7.05 Å². The van der Waals surface area contributed by atoms with Gasteiger partial charge in [0.05, 0.1) is 11.0 Å². The second kappa shape index (κ2) is 7.52. The summed E-state index contributed by atoms with van der Waals surface area (Å²) in [5.41, 5.74) is 12.6. The molecule has 28 heavy (non-hydrogen) atoms. The average Bonchev–Trinajstić information content (AvgIpc) is 3.10. The second-order valence-corrected chi connectivity index (χ2v) is 6.63. The third-order valence-electron chi connectivity index (χ3n) is 4.78. The van der Waals surface area contributed by atoms with Crippen molar-refractivity contribution in [3.8, 4) is 11.1 Å². The topological polar surface area (TPSA) is 81.1 Å². The van der Waals surface area contributed by atoms with Gasteiger partial charge in [-0.2, -0.15) is 0 Å². The van der Waals surface area contributed by atoms with E-state index < -0.39 is 0 Å². The Labute approximate surface area is 163 Å². The molecule has 0 saturated carbocycles. The molecule has 0 aliphatic carbocycles. The van der Waals surface area contributed by atoms with Crippen LogP contribution in [0.25, 0.3) is 33.1 Å². The van der Waals surface area contributed by atoms with Crippen molar-refractivity contribution in [1.82, 2.24) is 14.5 Å². The first kappa shape index (κ1) is 17.7. The van der Waals surface area contributed by atoms with Gasteiger partial charge in [-0.1, -0.05) is 12.1 Å². The molecule has 0 radical (unpaired) electrons. The van der Waals surface area contributed by atoms with Crippen LogP contribution in [-0.4, -0.2) is 34.3 Å². The van der Waals surface area contributed by atoms with E-state index >= 15 is 0 Å². The van der Waals surface area contributed by atoms with Gasteiger partial charge in [0.2, 0.25) is 0 Å². The summed E-state index contributed by atoms with van der Waals surface area (Å²) in [6, 6.07) is 12.7. The zero-order chi connectivity index (χ0) is 19.5. The molecule has 3 N–H and O–H groups in total. The first-order chi connectivity index (χ1) is 13.7. The van der Waals surface area contributed by atoms with E-state index in [1.807, 2.05) is 6.07 Å². The molecule has 140 valence electrons. The zero-order valence-electron chi connectivity index (χ0n) is 15.9. The van der Waals surface area contributed by atoms with Gasteiger partial charge >= 0.3 is 0 Å². The van der Waals surface area contributed by atoms with Gasteiger partial charge in [0.15, 0.2) is 0 Å². The lowest BCUT2D eigenvalue weighted by atomic mass is 10.0. The lowest BCUT2D eigenvalue weighted by molar-refractivity contribution is 0.969. The van der Waals surface area contributed by atoms with Crippen LogP contribution in [0.1, 0.15) is 0 Å². The van der Waals surface area contributed by atoms with Gasteiger partial charge in [-0.25, -0.2) is 0 Å². The van der Waals surface area contributed by atoms with Crippen LogP contribution >= 0.6 is 0 Å². The molecular weight excluding hydrogens is 348 g/mol. The maximum absolute atomic E-state index is 5.67. The number of fused-ring (bicyclic) bond motifs is 2. The minimum Gasteiger partial charge on any atom is -0.404 e. The van der Waals surface area contributed by atoms with E-state index in [1.165, 1.54) is 10.9 Å². The van der Waals surface area contributed by atoms with Crippen molar-refractivity contribution in [2.75, 3.05) is 18.9 Å². The lowest BCUT2D eigenvalue weighted by Crippen LogP contribution is -2.08. The van der Waals surface area contributed by atoms with Gasteiger partial charge in [-0.15, -0.1) is 0 Å². The van der Waals surface area contributed by atoms with Crippen LogP contribution in [0.3, 0.4) is 0 Å². The largest absolute Gasteiger partial charge is 0.404 e. The van der Waals surface area contributed by atoms with Crippen molar-refractivity contribution in [3.63, 3.8) is 0 Å². The lowest BCUT2D eigenvalue weighted by Gasteiger charge is -2.12. The molecule has 6 nitrogen and oxygen atoms in total. The maximum atomic E-state index is 5.67. The predicted molar refractivity (Wildman–Crippen MR) is 117 cm³/mol. The van der Waals surface area contributed by atoms with Gasteiger partial charge < -0.3 is 15.6 Å². The second-order valence-electron chi connectivity index (χ2n) is 6.63. The zero-order valence-corrected chi connectivity index (χ0v) is 15.9. The normalized spacial score (nSPS) is 12.3. The van der Waals surface area contributed by atoms with Crippen LogP contribution in [0.4, 0.5) is 5.69 Å². The molecule has 0 aliphatic rings. The highest BCUT2D eigenvalue weighted by Gasteiger charge is 2.10. The Morgan fingerprint density at radius 2 is 2.04 bits per heavy atom. The summed E-state index contributed by atoms with van der Waals surface area (Å²) in [5.74, 6) is 0. The van der Waals surface area contributed by atoms with E-state index in [0.717, 1.165) is 33.4 Å². The number of anilines is 1. The van der Waals surface area contributed by atoms with Crippen LogP contribution in [0.5, 0.6) is 0 Å². The third kappa shape index (κ3) is 3.32. The van der Waals surface area contributed by atoms with Gasteiger partial charge in [0, 0.05) is 74.0 Å². The fourth-order valence-electron chi connectivity index (χ4n) is 3.34. The molecule has 4 rings (SSSR count). The molecule has 0 bridgehead atoms. The molecule has 0 aliphatic heterocycles. The number of hydrogen-bond donors (Lipinski definition) is 2. The van der Waals surface area contributed by atoms with Crippen molar-refractivity contribution in [2.24, 2.45) is 17.8 Å². The first-order valence-corrected chi connectivity index (χ1v) is 9.06. The van der Waals surface area contributed by atoms with Crippen molar-refractivity contribution >= 4 is 33.8 Å². The number of rotatable bonds is 5. The monoisotopic (exact) mass is 370 g/mol. The van der Waals surface area contributed by atoms with Crippen molar-refractivity contribution < 1.29 is 0 Å². The van der Waals surface area contributed by atoms with Crippen molar-refractivity contribution in [3.05, 3.63) is 66.8 Å². The summed E-state index contributed by atoms with van der Waals surface area (Å²) in [6.07, 6.45) is 8.82. The van der Waals surface area contributed by atoms with Gasteiger partial charge in [-0.05, 0) is 35.2 Å². The smallest absolute Gasteiger partial charge is 0.0966 e. The van der Waals surface area contributed by atoms with Crippen LogP contribution in [0.2, 0.25) is 0 Å². The highest BCUT2D eigenvalue weighted by molar-refractivity contribution is 5.97. The highest BCUT2D eigenvalue weighted by Crippen LogP contribution is 2.32. The van der Waals surface area contributed by atoms with Gasteiger partial charge in [0.25, 0.3) is 0 Å². The Bertz CT molecular complexity index is 1200. The van der Waals surface area contributed by atoms with Crippen LogP contribution in [0, 0.1) is 0 Å². The molecule has 0 atom stereocenters. The summed E-state index contributed by atoms with van der Waals surface area (Å²) in [5, 5.41) is 4.63. The number of aliphatic imine (C=N–C) groups is 1. The molecule has 0 amide bonds. The Balaban J connectivity index is 1.80. The number of aromatic nitrogens is 3. The Kier molecular flexibility index (Phi) is 4.76. The fourth-order valence-corrected chi connectivity index (χ4v) is 3.34. The number of nitrogens with one attached hydrogen (secondary N) is 1. The fraction of sp³-hybridized carbons (Fsp3) is 0.136. The Morgan fingerprint density at radius 3 is 2.86 bits per heavy atom. The van der Waals surface area contributed by atoms with Crippen LogP contribution in [0.15, 0.2) is 71.8 Å². The minimum atomic E-state index is 0.579. The highest BCUT2D eigenvalue weighted by atomic mass is 14.9. The summed E-state index contributed by atoms with van der Waals surface area (Å²) >= 11 is 0. The standard InChI is InChI=1S/C22H22N6/c1-24-13-15(12-23)14-27-18-10-19(22-20(11-18)25-6-7-26-22)17-4-3-16-5-8-28(2)21(16)9-17/h3-13,27H,14,23H2,1-2H3. The number of hydrogen-bond acceptors (Lipinski definition) is 5. The minimum absolute atomic E-state index is 0.579. The molecule has 0 fully saturated rings. The molecule has 2 heterocycles. The number of aryl methyl sites for hydroxylation is 1. The molecule has 0 unspecified atom stereocenters. The molecule has 0 spiro atoms. The van der Waals surface area contributed by atoms with Crippen molar-refractivity contribution in [1.29, 1.82) is 0 Å². The quantitative estimate of drug-likeness (QED) is 0.524. The molecule has 4 aromatic rings. The predicted octanol–water partition coefficient (Wildman–Crippen LogP) is 3.74. The average molecular weight is 370 g/mol. The summed E-state index contributed by atoms with van der Waals surface area (Å²) in [6.45, 7) is 0.579. The van der Waals surface area contributed by atoms with E-state index in [1.54, 1.807) is 31.9 Å². The molecule has 2 aromatic heterocycles. The van der Waals surface area contributed by atoms with Gasteiger partial charge in [-0.3, -0.25) is 15.0 Å². The number of nitrogens with zero attached hydrogens (tertiary/aromatic N) is 4. The number of benzene rings is 2. The first-order valence-electron chi connectivity index (χ1n) is 9.06. The van der Waals surface area contributed by atoms with E-state index in [0.29, 0.717) is 6.54 Å². The number of nitrogens with two attached hydrogens (primary N) is 1. The summed E-state index contributed by atoms with van der Waals surface area (Å²) in [4.78, 5) is 13.1. The van der Waals surface area contributed by atoms with E-state index in [9.17, 15) is 0 Å². The molecule has 2 aromatic carbocycles. The van der Waals surface area contributed by atoms with E-state index in [-0.39, 0.29) is 0 Å². The molecular formula is C22H22N6. The van der Waals surface area contributed by atoms with E-state index in [2.05, 4.69) is 68.4 Å². The van der Waals surface area contributed by atoms with Crippen LogP contribution < -0.4 is 11.1 Å². The molecule has 0 saturated heterocycles. The maximum Gasteiger partial charge on any atom is 0.0966 e. The van der Waals surface area contributed by atoms with Crippen molar-refractivity contribution in [2.45, 2.75) is 0 Å². The van der Waals surface area contributed by atoms with E-state index in [4.69, 9.17) is 5.73 Å². The van der Waals surface area contributed by atoms with Gasteiger partial charge in [0.1, 0.15) is 0 Å². The molecule has 6 heteroatoms. The SMILES string of the molecule is CN=CC(=CN)CNc1cc(-c2ccc3ccn(C)c3c2)c2nccnc2c1. The third-order valence-corrected chi connectivity index (χ3v) is 4.78. The summed E-state index contributed by atoms with van der Waals surface area (Å²) in [7, 11) is 3.78. The Morgan fingerprint density at radius 1 is 1.18 bits per heavy atom. The Hall–Kier alpha value is -3.67. The summed E-state index contributed by atoms with van der Waals surface area (Å²) < 4.78 is 2.12.